The molecule has 30 heavy (non-hydrogen) atoms. The predicted octanol–water partition coefficient (Wildman–Crippen LogP) is 1.24. The molecule has 0 unspecified atom stereocenters. The maximum Gasteiger partial charge on any atom is 0.243 e. The second-order valence-electron chi connectivity index (χ2n) is 7.17. The number of nitrogens with one attached hydrogen (secondary N) is 1. The van der Waals surface area contributed by atoms with Gasteiger partial charge in [0.15, 0.2) is 0 Å². The number of carbonyl (C=O) groups is 1. The van der Waals surface area contributed by atoms with E-state index in [1.54, 1.807) is 30.3 Å². The molecule has 0 bridgehead atoms. The van der Waals surface area contributed by atoms with E-state index < -0.39 is 26.1 Å². The van der Waals surface area contributed by atoms with Gasteiger partial charge in [-0.3, -0.25) is 4.79 Å². The van der Waals surface area contributed by atoms with Gasteiger partial charge in [-0.25, -0.2) is 22.0 Å². The number of piperidine rings is 1. The third-order valence-corrected chi connectivity index (χ3v) is 7.92. The van der Waals surface area contributed by atoms with Gasteiger partial charge in [0, 0.05) is 13.1 Å². The van der Waals surface area contributed by atoms with Gasteiger partial charge in [-0.05, 0) is 49.1 Å². The van der Waals surface area contributed by atoms with Gasteiger partial charge in [-0.15, -0.1) is 0 Å². The normalized spacial score (nSPS) is 18.1. The molecule has 0 aromatic heterocycles. The quantitative estimate of drug-likeness (QED) is 0.655. The fourth-order valence-corrected chi connectivity index (χ4v) is 5.67. The summed E-state index contributed by atoms with van der Waals surface area (Å²) in [5, 5.41) is 7.89. The molecule has 1 atom stereocenters. The lowest BCUT2D eigenvalue weighted by molar-refractivity contribution is -0.125. The number of carbonyl (C=O) groups excluding carboxylic acids is 1. The minimum atomic E-state index is -3.75. The summed E-state index contributed by atoms with van der Waals surface area (Å²) in [6, 6.07) is 13.5. The van der Waals surface area contributed by atoms with Crippen molar-refractivity contribution in [1.29, 1.82) is 0 Å². The van der Waals surface area contributed by atoms with Gasteiger partial charge in [0.25, 0.3) is 0 Å². The van der Waals surface area contributed by atoms with E-state index in [1.807, 2.05) is 0 Å². The Labute approximate surface area is 177 Å². The van der Waals surface area contributed by atoms with E-state index in [0.29, 0.717) is 32.4 Å². The van der Waals surface area contributed by atoms with Crippen LogP contribution in [0.15, 0.2) is 64.4 Å². The molecule has 3 rings (SSSR count). The Balaban J connectivity index is 1.63. The molecule has 2 aromatic rings. The van der Waals surface area contributed by atoms with Crippen molar-refractivity contribution in [2.45, 2.75) is 41.5 Å². The molecule has 0 radical (unpaired) electrons. The van der Waals surface area contributed by atoms with Crippen molar-refractivity contribution in [1.82, 2.24) is 9.62 Å². The Kier molecular flexibility index (Phi) is 6.91. The van der Waals surface area contributed by atoms with E-state index in [9.17, 15) is 21.6 Å². The van der Waals surface area contributed by atoms with Crippen molar-refractivity contribution in [2.24, 2.45) is 5.14 Å². The molecule has 0 saturated carbocycles. The first-order valence-corrected chi connectivity index (χ1v) is 12.6. The molecule has 162 valence electrons. The smallest absolute Gasteiger partial charge is 0.243 e. The van der Waals surface area contributed by atoms with Crippen LogP contribution in [-0.2, 0) is 31.3 Å². The largest absolute Gasteiger partial charge is 0.354 e. The summed E-state index contributed by atoms with van der Waals surface area (Å²) in [7, 11) is -7.49. The van der Waals surface area contributed by atoms with Gasteiger partial charge in [-0.2, -0.15) is 4.31 Å². The van der Waals surface area contributed by atoms with Crippen molar-refractivity contribution in [3.05, 3.63) is 60.2 Å². The Morgan fingerprint density at radius 2 is 1.63 bits per heavy atom. The summed E-state index contributed by atoms with van der Waals surface area (Å²) in [5.41, 5.74) is 0.833. The van der Waals surface area contributed by atoms with Crippen molar-refractivity contribution in [3.63, 3.8) is 0 Å². The zero-order valence-electron chi connectivity index (χ0n) is 16.4. The maximum absolute atomic E-state index is 13.0. The van der Waals surface area contributed by atoms with Crippen molar-refractivity contribution in [2.75, 3.05) is 13.1 Å². The predicted molar refractivity (Wildman–Crippen MR) is 113 cm³/mol. The highest BCUT2D eigenvalue weighted by Gasteiger charge is 2.37. The number of amides is 1. The van der Waals surface area contributed by atoms with Gasteiger partial charge in [-0.1, -0.05) is 36.8 Å². The Bertz CT molecular complexity index is 1090. The van der Waals surface area contributed by atoms with Crippen LogP contribution in [0.3, 0.4) is 0 Å². The Morgan fingerprint density at radius 1 is 0.967 bits per heavy atom. The zero-order chi connectivity index (χ0) is 21.8. The summed E-state index contributed by atoms with van der Waals surface area (Å²) in [4.78, 5) is 13.0. The van der Waals surface area contributed by atoms with Crippen LogP contribution in [0.1, 0.15) is 24.8 Å². The number of primary sulfonamides is 1. The molecule has 0 spiro atoms. The minimum Gasteiger partial charge on any atom is -0.354 e. The number of nitrogens with two attached hydrogens (primary N) is 1. The number of hydrogen-bond acceptors (Lipinski definition) is 5. The van der Waals surface area contributed by atoms with Gasteiger partial charge in [0.1, 0.15) is 6.04 Å². The number of benzene rings is 2. The van der Waals surface area contributed by atoms with E-state index in [0.717, 1.165) is 12.0 Å². The first-order valence-electron chi connectivity index (χ1n) is 9.66. The number of nitrogens with zero attached hydrogens (tertiary/aromatic N) is 1. The van der Waals surface area contributed by atoms with Crippen LogP contribution in [0.2, 0.25) is 0 Å². The lowest BCUT2D eigenvalue weighted by Gasteiger charge is -2.33. The summed E-state index contributed by atoms with van der Waals surface area (Å²) in [6.45, 7) is 0.619. The SMILES string of the molecule is NS(=O)(=O)c1ccc(CCNC(=O)[C@H]2CCCCN2S(=O)(=O)c2ccccc2)cc1. The molecule has 1 aliphatic heterocycles. The van der Waals surface area contributed by atoms with Crippen molar-refractivity contribution in [3.8, 4) is 0 Å². The molecule has 1 aliphatic rings. The van der Waals surface area contributed by atoms with Crippen LogP contribution in [0.5, 0.6) is 0 Å². The van der Waals surface area contributed by atoms with E-state index in [-0.39, 0.29) is 15.7 Å². The van der Waals surface area contributed by atoms with Crippen LogP contribution in [0.25, 0.3) is 0 Å². The molecule has 1 heterocycles. The lowest BCUT2D eigenvalue weighted by Crippen LogP contribution is -2.52. The molecular weight excluding hydrogens is 426 g/mol. The fourth-order valence-electron chi connectivity index (χ4n) is 3.48. The van der Waals surface area contributed by atoms with E-state index >= 15 is 0 Å². The lowest BCUT2D eigenvalue weighted by atomic mass is 10.0. The van der Waals surface area contributed by atoms with Gasteiger partial charge >= 0.3 is 0 Å². The van der Waals surface area contributed by atoms with Gasteiger partial charge < -0.3 is 5.32 Å². The van der Waals surface area contributed by atoms with Crippen LogP contribution in [-0.4, -0.2) is 46.2 Å². The molecule has 3 N–H and O–H groups in total. The van der Waals surface area contributed by atoms with Gasteiger partial charge in [0.2, 0.25) is 26.0 Å². The number of rotatable bonds is 7. The molecule has 1 saturated heterocycles. The average Bonchev–Trinajstić information content (AvgIpc) is 2.74. The molecule has 10 heteroatoms. The minimum absolute atomic E-state index is 0.0271. The van der Waals surface area contributed by atoms with Gasteiger partial charge in [0.05, 0.1) is 9.79 Å². The third kappa shape index (κ3) is 5.25. The first-order chi connectivity index (χ1) is 14.2. The highest BCUT2D eigenvalue weighted by molar-refractivity contribution is 7.89. The molecule has 1 fully saturated rings. The van der Waals surface area contributed by atoms with Crippen LogP contribution >= 0.6 is 0 Å². The van der Waals surface area contributed by atoms with Crippen LogP contribution < -0.4 is 10.5 Å². The topological polar surface area (TPSA) is 127 Å². The van der Waals surface area contributed by atoms with Crippen molar-refractivity contribution < 1.29 is 21.6 Å². The summed E-state index contributed by atoms with van der Waals surface area (Å²) in [6.07, 6.45) is 2.45. The second kappa shape index (κ2) is 9.25. The van der Waals surface area contributed by atoms with E-state index in [1.165, 1.54) is 28.6 Å². The second-order valence-corrected chi connectivity index (χ2v) is 10.6. The van der Waals surface area contributed by atoms with E-state index in [4.69, 9.17) is 5.14 Å². The maximum atomic E-state index is 13.0. The van der Waals surface area contributed by atoms with E-state index in [2.05, 4.69) is 5.32 Å². The molecule has 2 aromatic carbocycles. The Morgan fingerprint density at radius 3 is 2.27 bits per heavy atom. The number of sulfonamides is 2. The van der Waals surface area contributed by atoms with Crippen LogP contribution in [0, 0.1) is 0 Å². The molecule has 1 amide bonds. The third-order valence-electron chi connectivity index (χ3n) is 5.07. The zero-order valence-corrected chi connectivity index (χ0v) is 18.0. The monoisotopic (exact) mass is 451 g/mol. The summed E-state index contributed by atoms with van der Waals surface area (Å²) < 4.78 is 49.9. The molecule has 0 aliphatic carbocycles. The first kappa shape index (κ1) is 22.4. The fraction of sp³-hybridized carbons (Fsp3) is 0.350. The van der Waals surface area contributed by atoms with Crippen LogP contribution in [0.4, 0.5) is 0 Å². The van der Waals surface area contributed by atoms with Crippen molar-refractivity contribution >= 4 is 26.0 Å². The molecule has 8 nitrogen and oxygen atoms in total. The average molecular weight is 452 g/mol. The standard InChI is InChI=1S/C20H25N3O5S2/c21-29(25,26)17-11-9-16(10-12-17)13-14-22-20(24)19-8-4-5-15-23(19)30(27,28)18-6-2-1-3-7-18/h1-3,6-7,9-12,19H,4-5,8,13-15H2,(H,22,24)(H2,21,25,26)/t19-/m1/s1. The highest BCUT2D eigenvalue weighted by Crippen LogP contribution is 2.25. The highest BCUT2D eigenvalue weighted by atomic mass is 32.2. The Hall–Kier alpha value is -2.27. The number of hydrogen-bond donors (Lipinski definition) is 2. The molecular formula is C20H25N3O5S2. The summed E-state index contributed by atoms with van der Waals surface area (Å²) in [5.74, 6) is -0.324. The summed E-state index contributed by atoms with van der Waals surface area (Å²) >= 11 is 0.